The molecule has 1 aromatic heterocycles. The van der Waals surface area contributed by atoms with Gasteiger partial charge in [0.15, 0.2) is 0 Å². The highest BCUT2D eigenvalue weighted by Gasteiger charge is 2.20. The first-order valence-corrected chi connectivity index (χ1v) is 7.91. The highest BCUT2D eigenvalue weighted by molar-refractivity contribution is 5.80. The molecule has 0 amide bonds. The molecular weight excluding hydrogens is 325 g/mol. The summed E-state index contributed by atoms with van der Waals surface area (Å²) in [5, 5.41) is 0. The van der Waals surface area contributed by atoms with Crippen molar-refractivity contribution in [2.24, 2.45) is 0 Å². The first-order chi connectivity index (χ1) is 12.0. The Kier molecular flexibility index (Phi) is 4.83. The predicted molar refractivity (Wildman–Crippen MR) is 92.4 cm³/mol. The smallest absolute Gasteiger partial charge is 0.135 e. The second-order valence-electron chi connectivity index (χ2n) is 5.94. The van der Waals surface area contributed by atoms with Gasteiger partial charge in [0, 0.05) is 23.9 Å². The highest BCUT2D eigenvalue weighted by Crippen LogP contribution is 2.35. The second kappa shape index (κ2) is 7.05. The minimum atomic E-state index is -1.16. The minimum absolute atomic E-state index is 0.00224. The van der Waals surface area contributed by atoms with Gasteiger partial charge < -0.3 is 0 Å². The number of halogens is 3. The van der Waals surface area contributed by atoms with Crippen LogP contribution in [-0.2, 0) is 6.67 Å². The third-order valence-corrected chi connectivity index (χ3v) is 4.30. The summed E-state index contributed by atoms with van der Waals surface area (Å²) in [5.41, 5.74) is 2.33. The van der Waals surface area contributed by atoms with Gasteiger partial charge in [-0.15, -0.1) is 0 Å². The highest BCUT2D eigenvalue weighted by atomic mass is 19.1. The van der Waals surface area contributed by atoms with E-state index in [1.54, 1.807) is 18.5 Å². The Morgan fingerprint density at radius 3 is 2.36 bits per heavy atom. The lowest BCUT2D eigenvalue weighted by Gasteiger charge is -2.20. The summed E-state index contributed by atoms with van der Waals surface area (Å²) in [4.78, 5) is 8.68. The van der Waals surface area contributed by atoms with Crippen LogP contribution in [0.3, 0.4) is 0 Å². The number of rotatable bonds is 4. The van der Waals surface area contributed by atoms with Crippen molar-refractivity contribution < 1.29 is 13.2 Å². The molecule has 1 heterocycles. The lowest BCUT2D eigenvalue weighted by Crippen LogP contribution is -2.07. The minimum Gasteiger partial charge on any atom is -0.246 e. The molecule has 2 aromatic rings. The van der Waals surface area contributed by atoms with Gasteiger partial charge in [0.1, 0.15) is 24.1 Å². The van der Waals surface area contributed by atoms with Crippen molar-refractivity contribution in [1.29, 1.82) is 0 Å². The Hall–Kier alpha value is -2.69. The van der Waals surface area contributed by atoms with Gasteiger partial charge in [-0.05, 0) is 42.2 Å². The fourth-order valence-electron chi connectivity index (χ4n) is 2.92. The molecule has 1 aliphatic carbocycles. The van der Waals surface area contributed by atoms with Crippen molar-refractivity contribution in [2.75, 3.05) is 0 Å². The first kappa shape index (κ1) is 17.1. The molecule has 0 saturated heterocycles. The van der Waals surface area contributed by atoms with Gasteiger partial charge in [-0.2, -0.15) is 0 Å². The normalized spacial score (nSPS) is 17.0. The van der Waals surface area contributed by atoms with Gasteiger partial charge in [0.25, 0.3) is 0 Å². The van der Waals surface area contributed by atoms with Crippen LogP contribution in [0.25, 0.3) is 11.6 Å². The molecule has 0 spiro atoms. The zero-order chi connectivity index (χ0) is 18.0. The van der Waals surface area contributed by atoms with E-state index in [1.807, 2.05) is 19.1 Å². The topological polar surface area (TPSA) is 25.8 Å². The first-order valence-electron chi connectivity index (χ1n) is 7.91. The van der Waals surface area contributed by atoms with Crippen molar-refractivity contribution in [3.05, 3.63) is 83.0 Å². The van der Waals surface area contributed by atoms with E-state index < -0.39 is 23.9 Å². The third kappa shape index (κ3) is 3.40. The van der Waals surface area contributed by atoms with Gasteiger partial charge in [-0.25, -0.2) is 23.1 Å². The van der Waals surface area contributed by atoms with Crippen LogP contribution in [-0.4, -0.2) is 9.97 Å². The molecule has 0 bridgehead atoms. The molecule has 1 aliphatic rings. The van der Waals surface area contributed by atoms with Gasteiger partial charge in [0.05, 0.1) is 5.56 Å². The zero-order valence-electron chi connectivity index (χ0n) is 13.8. The van der Waals surface area contributed by atoms with E-state index in [9.17, 15) is 13.2 Å². The largest absolute Gasteiger partial charge is 0.246 e. The van der Waals surface area contributed by atoms with Crippen molar-refractivity contribution >= 4 is 11.6 Å². The van der Waals surface area contributed by atoms with Gasteiger partial charge in [0.2, 0.25) is 0 Å². The number of alkyl halides is 1. The van der Waals surface area contributed by atoms with E-state index in [0.29, 0.717) is 17.8 Å². The van der Waals surface area contributed by atoms with Crippen LogP contribution >= 0.6 is 0 Å². The van der Waals surface area contributed by atoms with Crippen LogP contribution in [0.2, 0.25) is 0 Å². The number of nitrogens with zero attached hydrogens (tertiary/aromatic N) is 2. The molecule has 128 valence electrons. The Labute approximate surface area is 144 Å². The van der Waals surface area contributed by atoms with Crippen LogP contribution in [0.5, 0.6) is 0 Å². The maximum atomic E-state index is 13.9. The van der Waals surface area contributed by atoms with Crippen molar-refractivity contribution in [1.82, 2.24) is 9.97 Å². The second-order valence-corrected chi connectivity index (χ2v) is 5.94. The number of aromatic nitrogens is 2. The molecule has 1 unspecified atom stereocenters. The molecule has 3 rings (SSSR count). The van der Waals surface area contributed by atoms with Crippen LogP contribution in [0.1, 0.15) is 41.8 Å². The maximum Gasteiger partial charge on any atom is 0.135 e. The lowest BCUT2D eigenvalue weighted by molar-refractivity contribution is 0.440. The van der Waals surface area contributed by atoms with Gasteiger partial charge in [-0.1, -0.05) is 24.8 Å². The Morgan fingerprint density at radius 2 is 1.84 bits per heavy atom. The van der Waals surface area contributed by atoms with Crippen LogP contribution in [0, 0.1) is 11.6 Å². The van der Waals surface area contributed by atoms with E-state index in [1.165, 1.54) is 12.1 Å². The average Bonchev–Trinajstić information content (AvgIpc) is 2.61. The van der Waals surface area contributed by atoms with Gasteiger partial charge in [-0.3, -0.25) is 0 Å². The van der Waals surface area contributed by atoms with E-state index >= 15 is 0 Å². The predicted octanol–water partition coefficient (Wildman–Crippen LogP) is 5.38. The Morgan fingerprint density at radius 1 is 1.20 bits per heavy atom. The van der Waals surface area contributed by atoms with E-state index in [0.717, 1.165) is 16.7 Å². The summed E-state index contributed by atoms with van der Waals surface area (Å²) in [6.45, 7) is 4.38. The standard InChI is InChI=1S/C20H17F3N2/c1-3-13-10-24-20(25-11-13)14-4-5-16(12(2)6-14)15-7-18(22)17(9-21)19(23)8-15/h3,5-8,10-11,14H,1,4,9H2,2H3. The quantitative estimate of drug-likeness (QED) is 0.745. The lowest BCUT2D eigenvalue weighted by atomic mass is 9.87. The van der Waals surface area contributed by atoms with Crippen molar-refractivity contribution in [3.63, 3.8) is 0 Å². The molecule has 0 saturated carbocycles. The van der Waals surface area contributed by atoms with Crippen LogP contribution < -0.4 is 0 Å². The molecule has 0 aliphatic heterocycles. The monoisotopic (exact) mass is 342 g/mol. The molecule has 1 aromatic carbocycles. The van der Waals surface area contributed by atoms with Gasteiger partial charge >= 0.3 is 0 Å². The molecule has 0 fully saturated rings. The van der Waals surface area contributed by atoms with Crippen molar-refractivity contribution in [3.8, 4) is 0 Å². The van der Waals surface area contributed by atoms with Crippen LogP contribution in [0.15, 0.2) is 48.8 Å². The Bertz CT molecular complexity index is 844. The summed E-state index contributed by atoms with van der Waals surface area (Å²) < 4.78 is 40.4. The molecule has 0 radical (unpaired) electrons. The zero-order valence-corrected chi connectivity index (χ0v) is 13.8. The summed E-state index contributed by atoms with van der Waals surface area (Å²) in [6.07, 6.45) is 9.60. The van der Waals surface area contributed by atoms with Crippen molar-refractivity contribution in [2.45, 2.75) is 25.9 Å². The number of allylic oxidation sites excluding steroid dienone is 4. The molecule has 5 heteroatoms. The molecule has 1 atom stereocenters. The molecular formula is C20H17F3N2. The molecule has 0 N–H and O–H groups in total. The van der Waals surface area contributed by atoms with E-state index in [-0.39, 0.29) is 5.92 Å². The summed E-state index contributed by atoms with van der Waals surface area (Å²) in [5.74, 6) is -1.04. The fourth-order valence-corrected chi connectivity index (χ4v) is 2.92. The molecule has 2 nitrogen and oxygen atoms in total. The SMILES string of the molecule is C=Cc1cnc(C2C=C(C)C(c3cc(F)c(CF)c(F)c3)=CC2)nc1. The summed E-state index contributed by atoms with van der Waals surface area (Å²) >= 11 is 0. The number of hydrogen-bond acceptors (Lipinski definition) is 2. The number of benzene rings is 1. The maximum absolute atomic E-state index is 13.9. The van der Waals surface area contributed by atoms with E-state index in [4.69, 9.17) is 0 Å². The van der Waals surface area contributed by atoms with Crippen LogP contribution in [0.4, 0.5) is 13.2 Å². The number of hydrogen-bond donors (Lipinski definition) is 0. The summed E-state index contributed by atoms with van der Waals surface area (Å²) in [6, 6.07) is 2.35. The van der Waals surface area contributed by atoms with E-state index in [2.05, 4.69) is 16.5 Å². The molecule has 25 heavy (non-hydrogen) atoms. The fraction of sp³-hybridized carbons (Fsp3) is 0.200. The summed E-state index contributed by atoms with van der Waals surface area (Å²) in [7, 11) is 0. The average molecular weight is 342 g/mol. The Balaban J connectivity index is 1.88. The third-order valence-electron chi connectivity index (χ3n) is 4.30.